The van der Waals surface area contributed by atoms with E-state index in [1.165, 1.54) is 10.6 Å². The Labute approximate surface area is 108 Å². The van der Waals surface area contributed by atoms with Crippen LogP contribution in [0, 0.1) is 5.82 Å². The van der Waals surface area contributed by atoms with E-state index in [0.29, 0.717) is 11.6 Å². The van der Waals surface area contributed by atoms with Gasteiger partial charge >= 0.3 is 5.69 Å². The first-order valence-electron chi connectivity index (χ1n) is 5.87. The summed E-state index contributed by atoms with van der Waals surface area (Å²) in [7, 11) is 0. The minimum Gasteiger partial charge on any atom is -0.296 e. The Kier molecular flexibility index (Phi) is 2.74. The normalized spacial score (nSPS) is 15.0. The van der Waals surface area contributed by atoms with Crippen LogP contribution in [0.5, 0.6) is 0 Å². The van der Waals surface area contributed by atoms with Gasteiger partial charge in [-0.15, -0.1) is 0 Å². The highest BCUT2D eigenvalue weighted by molar-refractivity contribution is 6.30. The molecule has 0 saturated heterocycles. The average Bonchev–Trinajstić information content (AvgIpc) is 3.12. The van der Waals surface area contributed by atoms with Gasteiger partial charge in [-0.25, -0.2) is 9.18 Å². The molecule has 1 aromatic heterocycles. The molecule has 3 nitrogen and oxygen atoms in total. The van der Waals surface area contributed by atoms with Gasteiger partial charge in [0.25, 0.3) is 0 Å². The molecule has 0 atom stereocenters. The van der Waals surface area contributed by atoms with Crippen molar-refractivity contribution in [3.8, 4) is 0 Å². The van der Waals surface area contributed by atoms with Gasteiger partial charge in [-0.1, -0.05) is 23.7 Å². The Morgan fingerprint density at radius 2 is 2.11 bits per heavy atom. The summed E-state index contributed by atoms with van der Waals surface area (Å²) >= 11 is 5.72. The summed E-state index contributed by atoms with van der Waals surface area (Å²) in [5.74, 6) is -0.453. The number of hydrogen-bond acceptors (Lipinski definition) is 1. The number of halogens is 2. The van der Waals surface area contributed by atoms with Gasteiger partial charge < -0.3 is 0 Å². The minimum atomic E-state index is -0.453. The van der Waals surface area contributed by atoms with Gasteiger partial charge in [0.15, 0.2) is 0 Å². The fourth-order valence-electron chi connectivity index (χ4n) is 2.03. The predicted molar refractivity (Wildman–Crippen MR) is 67.5 cm³/mol. The quantitative estimate of drug-likeness (QED) is 0.839. The molecule has 0 bridgehead atoms. The second-order valence-electron chi connectivity index (χ2n) is 4.56. The molecule has 0 radical (unpaired) electrons. The van der Waals surface area contributed by atoms with Crippen molar-refractivity contribution in [3.05, 3.63) is 57.5 Å². The second-order valence-corrected chi connectivity index (χ2v) is 4.97. The molecule has 3 rings (SSSR count). The molecule has 2 aromatic rings. The van der Waals surface area contributed by atoms with Crippen LogP contribution >= 0.6 is 11.6 Å². The molecule has 0 amide bonds. The number of nitrogens with zero attached hydrogens (tertiary/aromatic N) is 2. The topological polar surface area (TPSA) is 26.9 Å². The molecule has 1 saturated carbocycles. The van der Waals surface area contributed by atoms with Crippen molar-refractivity contribution in [1.82, 2.24) is 9.13 Å². The third-order valence-electron chi connectivity index (χ3n) is 3.19. The number of benzene rings is 1. The Morgan fingerprint density at radius 1 is 1.33 bits per heavy atom. The van der Waals surface area contributed by atoms with Crippen molar-refractivity contribution in [2.45, 2.75) is 25.4 Å². The van der Waals surface area contributed by atoms with E-state index in [9.17, 15) is 9.18 Å². The summed E-state index contributed by atoms with van der Waals surface area (Å²) in [4.78, 5) is 12.0. The van der Waals surface area contributed by atoms with Gasteiger partial charge in [0.1, 0.15) is 5.82 Å². The molecule has 18 heavy (non-hydrogen) atoms. The molecule has 0 aliphatic heterocycles. The summed E-state index contributed by atoms with van der Waals surface area (Å²) in [6.07, 6.45) is 5.56. The van der Waals surface area contributed by atoms with E-state index >= 15 is 0 Å². The zero-order valence-electron chi connectivity index (χ0n) is 9.64. The van der Waals surface area contributed by atoms with Gasteiger partial charge in [-0.05, 0) is 18.9 Å². The lowest BCUT2D eigenvalue weighted by molar-refractivity contribution is 0.590. The maximum absolute atomic E-state index is 13.7. The number of hydrogen-bond donors (Lipinski definition) is 0. The molecule has 5 heteroatoms. The van der Waals surface area contributed by atoms with Crippen LogP contribution in [0.2, 0.25) is 5.02 Å². The van der Waals surface area contributed by atoms with E-state index in [1.807, 2.05) is 0 Å². The van der Waals surface area contributed by atoms with Gasteiger partial charge in [-0.2, -0.15) is 0 Å². The highest BCUT2D eigenvalue weighted by Gasteiger charge is 2.25. The van der Waals surface area contributed by atoms with Crippen LogP contribution in [-0.4, -0.2) is 9.13 Å². The fourth-order valence-corrected chi connectivity index (χ4v) is 2.23. The molecule has 0 N–H and O–H groups in total. The largest absolute Gasteiger partial charge is 0.328 e. The molecule has 94 valence electrons. The van der Waals surface area contributed by atoms with Crippen LogP contribution in [-0.2, 0) is 6.54 Å². The summed E-state index contributed by atoms with van der Waals surface area (Å²) in [6, 6.07) is 5.16. The summed E-state index contributed by atoms with van der Waals surface area (Å²) in [5.41, 5.74) is 0.343. The van der Waals surface area contributed by atoms with E-state index in [0.717, 1.165) is 12.8 Å². The van der Waals surface area contributed by atoms with Crippen molar-refractivity contribution >= 4 is 11.6 Å². The zero-order valence-corrected chi connectivity index (χ0v) is 10.4. The van der Waals surface area contributed by atoms with Crippen LogP contribution < -0.4 is 5.69 Å². The highest BCUT2D eigenvalue weighted by atomic mass is 35.5. The van der Waals surface area contributed by atoms with Crippen molar-refractivity contribution in [2.24, 2.45) is 0 Å². The first-order valence-corrected chi connectivity index (χ1v) is 6.25. The lowest BCUT2D eigenvalue weighted by Gasteiger charge is -2.05. The van der Waals surface area contributed by atoms with E-state index in [2.05, 4.69) is 0 Å². The third kappa shape index (κ3) is 1.97. The van der Waals surface area contributed by atoms with Crippen LogP contribution in [0.15, 0.2) is 35.4 Å². The van der Waals surface area contributed by atoms with E-state index in [4.69, 9.17) is 11.6 Å². The first-order chi connectivity index (χ1) is 8.66. The SMILES string of the molecule is O=c1n(Cc2cccc(Cl)c2F)ccn1C1CC1. The molecule has 1 aliphatic rings. The Hall–Kier alpha value is -1.55. The lowest BCUT2D eigenvalue weighted by Crippen LogP contribution is -2.24. The average molecular weight is 267 g/mol. The van der Waals surface area contributed by atoms with Crippen molar-refractivity contribution < 1.29 is 4.39 Å². The van der Waals surface area contributed by atoms with Crippen molar-refractivity contribution in [2.75, 3.05) is 0 Å². The van der Waals surface area contributed by atoms with Crippen LogP contribution in [0.4, 0.5) is 4.39 Å². The minimum absolute atomic E-state index is 0.0853. The number of aromatic nitrogens is 2. The van der Waals surface area contributed by atoms with Crippen LogP contribution in [0.1, 0.15) is 24.4 Å². The van der Waals surface area contributed by atoms with E-state index in [1.54, 1.807) is 29.1 Å². The predicted octanol–water partition coefficient (Wildman–Crippen LogP) is 2.83. The molecule has 1 heterocycles. The fraction of sp³-hybridized carbons (Fsp3) is 0.308. The maximum atomic E-state index is 13.7. The summed E-state index contributed by atoms with van der Waals surface area (Å²) in [6.45, 7) is 0.213. The van der Waals surface area contributed by atoms with Crippen molar-refractivity contribution in [3.63, 3.8) is 0 Å². The monoisotopic (exact) mass is 266 g/mol. The number of imidazole rings is 1. The van der Waals surface area contributed by atoms with Crippen LogP contribution in [0.25, 0.3) is 0 Å². The van der Waals surface area contributed by atoms with E-state index in [-0.39, 0.29) is 17.3 Å². The summed E-state index contributed by atoms with van der Waals surface area (Å²) in [5, 5.41) is 0.0853. The zero-order chi connectivity index (χ0) is 12.7. The molecule has 0 spiro atoms. The maximum Gasteiger partial charge on any atom is 0.328 e. The molecule has 1 aliphatic carbocycles. The highest BCUT2D eigenvalue weighted by Crippen LogP contribution is 2.33. The van der Waals surface area contributed by atoms with Gasteiger partial charge in [0, 0.05) is 24.0 Å². The second kappa shape index (κ2) is 4.28. The smallest absolute Gasteiger partial charge is 0.296 e. The van der Waals surface area contributed by atoms with Gasteiger partial charge in [-0.3, -0.25) is 9.13 Å². The first kappa shape index (κ1) is 11.5. The van der Waals surface area contributed by atoms with E-state index < -0.39 is 5.82 Å². The van der Waals surface area contributed by atoms with Gasteiger partial charge in [0.05, 0.1) is 11.6 Å². The molecule has 1 fully saturated rings. The molecular formula is C13H12ClFN2O. The Bertz CT molecular complexity index is 643. The third-order valence-corrected chi connectivity index (χ3v) is 3.48. The van der Waals surface area contributed by atoms with Crippen LogP contribution in [0.3, 0.4) is 0 Å². The van der Waals surface area contributed by atoms with Gasteiger partial charge in [0.2, 0.25) is 0 Å². The summed E-state index contributed by atoms with van der Waals surface area (Å²) < 4.78 is 17.0. The molecule has 0 unspecified atom stereocenters. The van der Waals surface area contributed by atoms with Crippen molar-refractivity contribution in [1.29, 1.82) is 0 Å². The lowest BCUT2D eigenvalue weighted by atomic mass is 10.2. The molecule has 1 aromatic carbocycles. The number of rotatable bonds is 3. The molecular weight excluding hydrogens is 255 g/mol. The Morgan fingerprint density at radius 3 is 2.83 bits per heavy atom. The standard InChI is InChI=1S/C13H12ClFN2O/c14-11-3-1-2-9(12(11)15)8-16-6-7-17(13(16)18)10-4-5-10/h1-3,6-7,10H,4-5,8H2. The Balaban J connectivity index is 1.92.